The summed E-state index contributed by atoms with van der Waals surface area (Å²) in [6, 6.07) is 15.4. The summed E-state index contributed by atoms with van der Waals surface area (Å²) < 4.78 is 10.7. The van der Waals surface area contributed by atoms with E-state index in [4.69, 9.17) is 9.47 Å². The number of rotatable bonds is 7. The average Bonchev–Trinajstić information content (AvgIpc) is 2.62. The number of hydrogen-bond donors (Lipinski definition) is 2. The van der Waals surface area contributed by atoms with Crippen LogP contribution in [0.1, 0.15) is 5.69 Å². The number of nitrogens with one attached hydrogen (secondary N) is 2. The second-order valence-corrected chi connectivity index (χ2v) is 4.69. The van der Waals surface area contributed by atoms with Gasteiger partial charge < -0.3 is 20.1 Å². The van der Waals surface area contributed by atoms with Crippen LogP contribution in [0.3, 0.4) is 0 Å². The molecule has 6 nitrogen and oxygen atoms in total. The Morgan fingerprint density at radius 3 is 2.65 bits per heavy atom. The number of guanidine groups is 1. The van der Waals surface area contributed by atoms with Crippen molar-refractivity contribution in [1.29, 1.82) is 0 Å². The number of pyridine rings is 1. The van der Waals surface area contributed by atoms with Crippen molar-refractivity contribution >= 4 is 5.96 Å². The lowest BCUT2D eigenvalue weighted by Crippen LogP contribution is -2.39. The Morgan fingerprint density at radius 2 is 1.91 bits per heavy atom. The van der Waals surface area contributed by atoms with E-state index < -0.39 is 0 Å². The van der Waals surface area contributed by atoms with Crippen LogP contribution in [0.2, 0.25) is 0 Å². The van der Waals surface area contributed by atoms with Crippen LogP contribution in [0.5, 0.6) is 11.6 Å². The monoisotopic (exact) mass is 314 g/mol. The van der Waals surface area contributed by atoms with E-state index in [2.05, 4.69) is 20.6 Å². The molecule has 1 heterocycles. The number of hydrogen-bond acceptors (Lipinski definition) is 4. The summed E-state index contributed by atoms with van der Waals surface area (Å²) in [5.74, 6) is 2.16. The Hall–Kier alpha value is -2.76. The van der Waals surface area contributed by atoms with Crippen LogP contribution in [0.25, 0.3) is 0 Å². The first-order chi connectivity index (χ1) is 11.3. The predicted octanol–water partition coefficient (Wildman–Crippen LogP) is 1.83. The molecule has 0 saturated heterocycles. The van der Waals surface area contributed by atoms with E-state index in [9.17, 15) is 0 Å². The molecule has 0 fully saturated rings. The summed E-state index contributed by atoms with van der Waals surface area (Å²) in [7, 11) is 3.33. The van der Waals surface area contributed by atoms with Gasteiger partial charge >= 0.3 is 0 Å². The normalized spacial score (nSPS) is 11.0. The maximum absolute atomic E-state index is 5.62. The summed E-state index contributed by atoms with van der Waals surface area (Å²) in [5.41, 5.74) is 0.882. The fourth-order valence-corrected chi connectivity index (χ4v) is 1.92. The molecule has 0 spiro atoms. The molecule has 23 heavy (non-hydrogen) atoms. The van der Waals surface area contributed by atoms with E-state index >= 15 is 0 Å². The van der Waals surface area contributed by atoms with Gasteiger partial charge in [0.15, 0.2) is 5.96 Å². The van der Waals surface area contributed by atoms with Gasteiger partial charge in [0, 0.05) is 13.1 Å². The molecule has 2 N–H and O–H groups in total. The Morgan fingerprint density at radius 1 is 1.09 bits per heavy atom. The lowest BCUT2D eigenvalue weighted by Gasteiger charge is -2.12. The highest BCUT2D eigenvalue weighted by Crippen LogP contribution is 2.07. The van der Waals surface area contributed by atoms with Crippen molar-refractivity contribution in [2.75, 3.05) is 27.3 Å². The molecule has 0 unspecified atom stereocenters. The van der Waals surface area contributed by atoms with E-state index in [1.54, 1.807) is 14.2 Å². The van der Waals surface area contributed by atoms with Crippen molar-refractivity contribution in [2.24, 2.45) is 4.99 Å². The molecule has 122 valence electrons. The second-order valence-electron chi connectivity index (χ2n) is 4.69. The number of benzene rings is 1. The van der Waals surface area contributed by atoms with E-state index in [1.807, 2.05) is 48.5 Å². The van der Waals surface area contributed by atoms with Crippen molar-refractivity contribution in [1.82, 2.24) is 15.6 Å². The molecule has 1 aromatic carbocycles. The second kappa shape index (κ2) is 9.30. The highest BCUT2D eigenvalue weighted by molar-refractivity contribution is 5.79. The average molecular weight is 314 g/mol. The number of aromatic nitrogens is 1. The fraction of sp³-hybridized carbons (Fsp3) is 0.294. The first kappa shape index (κ1) is 16.6. The fourth-order valence-electron chi connectivity index (χ4n) is 1.92. The Balaban J connectivity index is 1.71. The number of ether oxygens (including phenoxy) is 2. The van der Waals surface area contributed by atoms with Crippen LogP contribution >= 0.6 is 0 Å². The SMILES string of the molecule is CN=C(NCCOc1ccccc1)NCc1cccc(OC)n1. The minimum atomic E-state index is 0.558. The van der Waals surface area contributed by atoms with Gasteiger partial charge in [-0.25, -0.2) is 4.98 Å². The first-order valence-corrected chi connectivity index (χ1v) is 7.44. The van der Waals surface area contributed by atoms with Gasteiger partial charge in [-0.1, -0.05) is 24.3 Å². The number of aliphatic imine (C=N–C) groups is 1. The highest BCUT2D eigenvalue weighted by atomic mass is 16.5. The summed E-state index contributed by atoms with van der Waals surface area (Å²) in [6.45, 7) is 1.78. The van der Waals surface area contributed by atoms with Crippen molar-refractivity contribution in [3.8, 4) is 11.6 Å². The molecule has 0 radical (unpaired) electrons. The zero-order valence-corrected chi connectivity index (χ0v) is 13.5. The molecule has 0 aliphatic rings. The molecule has 0 amide bonds. The minimum Gasteiger partial charge on any atom is -0.492 e. The van der Waals surface area contributed by atoms with Gasteiger partial charge in [0.05, 0.1) is 25.9 Å². The lowest BCUT2D eigenvalue weighted by molar-refractivity contribution is 0.322. The van der Waals surface area contributed by atoms with E-state index in [0.29, 0.717) is 31.5 Å². The molecular weight excluding hydrogens is 292 g/mol. The molecule has 2 rings (SSSR count). The minimum absolute atomic E-state index is 0.558. The highest BCUT2D eigenvalue weighted by Gasteiger charge is 2.01. The summed E-state index contributed by atoms with van der Waals surface area (Å²) in [6.07, 6.45) is 0. The Bertz CT molecular complexity index is 617. The first-order valence-electron chi connectivity index (χ1n) is 7.44. The van der Waals surface area contributed by atoms with Crippen LogP contribution in [-0.4, -0.2) is 38.3 Å². The molecule has 6 heteroatoms. The van der Waals surface area contributed by atoms with E-state index in [1.165, 1.54) is 0 Å². The van der Waals surface area contributed by atoms with Crippen LogP contribution in [0, 0.1) is 0 Å². The van der Waals surface area contributed by atoms with Crippen LogP contribution in [0.4, 0.5) is 0 Å². The molecule has 0 aliphatic carbocycles. The molecule has 0 saturated carbocycles. The maximum Gasteiger partial charge on any atom is 0.213 e. The van der Waals surface area contributed by atoms with E-state index in [-0.39, 0.29) is 0 Å². The third-order valence-corrected chi connectivity index (χ3v) is 3.06. The molecule has 2 aromatic rings. The number of nitrogens with zero attached hydrogens (tertiary/aromatic N) is 2. The predicted molar refractivity (Wildman–Crippen MR) is 90.9 cm³/mol. The molecular formula is C17H22N4O2. The van der Waals surface area contributed by atoms with Crippen molar-refractivity contribution in [3.63, 3.8) is 0 Å². The van der Waals surface area contributed by atoms with Gasteiger partial charge in [-0.05, 0) is 18.2 Å². The molecule has 0 atom stereocenters. The van der Waals surface area contributed by atoms with Crippen molar-refractivity contribution in [2.45, 2.75) is 6.54 Å². The largest absolute Gasteiger partial charge is 0.492 e. The zero-order chi connectivity index (χ0) is 16.3. The topological polar surface area (TPSA) is 67.8 Å². The number of para-hydroxylation sites is 1. The van der Waals surface area contributed by atoms with Crippen molar-refractivity contribution < 1.29 is 9.47 Å². The number of methoxy groups -OCH3 is 1. The molecule has 0 bridgehead atoms. The van der Waals surface area contributed by atoms with Gasteiger partial charge in [-0.3, -0.25) is 4.99 Å². The van der Waals surface area contributed by atoms with Gasteiger partial charge in [0.25, 0.3) is 0 Å². The summed E-state index contributed by atoms with van der Waals surface area (Å²) in [4.78, 5) is 8.51. The molecule has 0 aliphatic heterocycles. The van der Waals surface area contributed by atoms with Crippen LogP contribution in [-0.2, 0) is 6.54 Å². The van der Waals surface area contributed by atoms with Gasteiger partial charge in [-0.2, -0.15) is 0 Å². The Labute approximate surface area is 136 Å². The zero-order valence-electron chi connectivity index (χ0n) is 13.5. The van der Waals surface area contributed by atoms with Crippen molar-refractivity contribution in [3.05, 3.63) is 54.2 Å². The lowest BCUT2D eigenvalue weighted by atomic mass is 10.3. The standard InChI is InChI=1S/C17H22N4O2/c1-18-17(19-11-12-23-15-8-4-3-5-9-15)20-13-14-7-6-10-16(21-14)22-2/h3-10H,11-13H2,1-2H3,(H2,18,19,20). The van der Waals surface area contributed by atoms with E-state index in [0.717, 1.165) is 11.4 Å². The maximum atomic E-state index is 5.62. The quantitative estimate of drug-likeness (QED) is 0.464. The van der Waals surface area contributed by atoms with Gasteiger partial charge in [0.2, 0.25) is 5.88 Å². The summed E-state index contributed by atoms with van der Waals surface area (Å²) >= 11 is 0. The van der Waals surface area contributed by atoms with Crippen LogP contribution in [0.15, 0.2) is 53.5 Å². The van der Waals surface area contributed by atoms with Gasteiger partial charge in [-0.15, -0.1) is 0 Å². The van der Waals surface area contributed by atoms with Gasteiger partial charge in [0.1, 0.15) is 12.4 Å². The molecule has 1 aromatic heterocycles. The third-order valence-electron chi connectivity index (χ3n) is 3.06. The smallest absolute Gasteiger partial charge is 0.213 e. The summed E-state index contributed by atoms with van der Waals surface area (Å²) in [5, 5.41) is 6.39. The Kier molecular flexibility index (Phi) is 6.71. The van der Waals surface area contributed by atoms with Crippen LogP contribution < -0.4 is 20.1 Å². The third kappa shape index (κ3) is 5.86.